The Kier molecular flexibility index (Phi) is 4.41. The summed E-state index contributed by atoms with van der Waals surface area (Å²) < 4.78 is 0. The van der Waals surface area contributed by atoms with Gasteiger partial charge in [0.15, 0.2) is 0 Å². The van der Waals surface area contributed by atoms with Crippen LogP contribution in [0.2, 0.25) is 0 Å². The average molecular weight is 246 g/mol. The van der Waals surface area contributed by atoms with E-state index in [9.17, 15) is 0 Å². The van der Waals surface area contributed by atoms with Crippen LogP contribution in [0, 0.1) is 0 Å². The van der Waals surface area contributed by atoms with Gasteiger partial charge >= 0.3 is 0 Å². The Balaban J connectivity index is 2.19. The molecule has 2 heteroatoms. The molecule has 0 amide bonds. The third-order valence-corrected chi connectivity index (χ3v) is 4.03. The van der Waals surface area contributed by atoms with E-state index in [-0.39, 0.29) is 0 Å². The summed E-state index contributed by atoms with van der Waals surface area (Å²) in [6.07, 6.45) is 1.29. The summed E-state index contributed by atoms with van der Waals surface area (Å²) in [7, 11) is 4.36. The molecule has 0 aliphatic carbocycles. The SMILES string of the molecule is CC(C)N1CC[C@H](c2ccccc2)[C@H]1CN(C)C. The van der Waals surface area contributed by atoms with Gasteiger partial charge in [0.2, 0.25) is 0 Å². The lowest BCUT2D eigenvalue weighted by Crippen LogP contribution is -2.43. The maximum atomic E-state index is 2.66. The minimum Gasteiger partial charge on any atom is -0.308 e. The number of rotatable bonds is 4. The summed E-state index contributed by atoms with van der Waals surface area (Å²) in [6, 6.07) is 12.3. The van der Waals surface area contributed by atoms with E-state index >= 15 is 0 Å². The van der Waals surface area contributed by atoms with Crippen LogP contribution in [-0.4, -0.2) is 49.1 Å². The van der Waals surface area contributed by atoms with Crippen LogP contribution >= 0.6 is 0 Å². The number of hydrogen-bond acceptors (Lipinski definition) is 2. The molecule has 0 saturated carbocycles. The largest absolute Gasteiger partial charge is 0.308 e. The highest BCUT2D eigenvalue weighted by Crippen LogP contribution is 2.34. The highest BCUT2D eigenvalue weighted by atomic mass is 15.2. The van der Waals surface area contributed by atoms with Crippen molar-refractivity contribution in [1.82, 2.24) is 9.80 Å². The van der Waals surface area contributed by atoms with E-state index in [4.69, 9.17) is 0 Å². The Labute approximate surface area is 112 Å². The van der Waals surface area contributed by atoms with E-state index in [0.717, 1.165) is 6.54 Å². The molecule has 100 valence electrons. The van der Waals surface area contributed by atoms with Crippen molar-refractivity contribution >= 4 is 0 Å². The molecule has 1 fully saturated rings. The van der Waals surface area contributed by atoms with Crippen molar-refractivity contribution in [3.63, 3.8) is 0 Å². The van der Waals surface area contributed by atoms with Gasteiger partial charge in [-0.05, 0) is 46.5 Å². The van der Waals surface area contributed by atoms with Gasteiger partial charge < -0.3 is 4.90 Å². The molecule has 0 unspecified atom stereocenters. The summed E-state index contributed by atoms with van der Waals surface area (Å²) in [5.74, 6) is 0.691. The number of benzene rings is 1. The van der Waals surface area contributed by atoms with Crippen LogP contribution in [-0.2, 0) is 0 Å². The smallest absolute Gasteiger partial charge is 0.0294 e. The van der Waals surface area contributed by atoms with Crippen molar-refractivity contribution in [2.24, 2.45) is 0 Å². The van der Waals surface area contributed by atoms with Gasteiger partial charge in [0.25, 0.3) is 0 Å². The predicted octanol–water partition coefficient (Wildman–Crippen LogP) is 2.81. The first-order valence-electron chi connectivity index (χ1n) is 7.05. The van der Waals surface area contributed by atoms with Gasteiger partial charge in [-0.2, -0.15) is 0 Å². The first kappa shape index (κ1) is 13.6. The fourth-order valence-corrected chi connectivity index (χ4v) is 3.21. The first-order chi connectivity index (χ1) is 8.59. The molecular weight excluding hydrogens is 220 g/mol. The quantitative estimate of drug-likeness (QED) is 0.806. The Bertz CT molecular complexity index is 359. The molecule has 0 radical (unpaired) electrons. The third-order valence-electron chi connectivity index (χ3n) is 4.03. The van der Waals surface area contributed by atoms with E-state index in [1.54, 1.807) is 0 Å². The minimum atomic E-state index is 0.642. The van der Waals surface area contributed by atoms with E-state index < -0.39 is 0 Å². The lowest BCUT2D eigenvalue weighted by atomic mass is 9.91. The Hall–Kier alpha value is -0.860. The van der Waals surface area contributed by atoms with Crippen LogP contribution in [0.1, 0.15) is 31.7 Å². The number of hydrogen-bond donors (Lipinski definition) is 0. The maximum absolute atomic E-state index is 2.66. The average Bonchev–Trinajstić information content (AvgIpc) is 2.73. The second kappa shape index (κ2) is 5.85. The van der Waals surface area contributed by atoms with Crippen LogP contribution in [0.4, 0.5) is 0 Å². The van der Waals surface area contributed by atoms with Crippen molar-refractivity contribution in [3.05, 3.63) is 35.9 Å². The highest BCUT2D eigenvalue weighted by Gasteiger charge is 2.36. The lowest BCUT2D eigenvalue weighted by Gasteiger charge is -2.33. The van der Waals surface area contributed by atoms with Crippen LogP contribution in [0.5, 0.6) is 0 Å². The normalized spacial score (nSPS) is 25.2. The van der Waals surface area contributed by atoms with Gasteiger partial charge in [-0.25, -0.2) is 0 Å². The molecule has 0 N–H and O–H groups in total. The molecule has 2 atom stereocenters. The van der Waals surface area contributed by atoms with E-state index in [1.165, 1.54) is 18.5 Å². The van der Waals surface area contributed by atoms with Crippen molar-refractivity contribution in [1.29, 1.82) is 0 Å². The first-order valence-corrected chi connectivity index (χ1v) is 7.05. The van der Waals surface area contributed by atoms with Crippen molar-refractivity contribution in [2.45, 2.75) is 38.3 Å². The van der Waals surface area contributed by atoms with Crippen LogP contribution in [0.15, 0.2) is 30.3 Å². The topological polar surface area (TPSA) is 6.48 Å². The molecule has 0 spiro atoms. The predicted molar refractivity (Wildman–Crippen MR) is 78.0 cm³/mol. The summed E-state index contributed by atoms with van der Waals surface area (Å²) >= 11 is 0. The minimum absolute atomic E-state index is 0.642. The highest BCUT2D eigenvalue weighted by molar-refractivity contribution is 5.23. The molecule has 0 bridgehead atoms. The zero-order chi connectivity index (χ0) is 13.1. The Morgan fingerprint density at radius 1 is 1.22 bits per heavy atom. The van der Waals surface area contributed by atoms with E-state index in [0.29, 0.717) is 18.0 Å². The Morgan fingerprint density at radius 3 is 2.44 bits per heavy atom. The number of likely N-dealkylation sites (N-methyl/N-ethyl adjacent to an activating group) is 1. The van der Waals surface area contributed by atoms with E-state index in [1.807, 2.05) is 0 Å². The zero-order valence-corrected chi connectivity index (χ0v) is 12.1. The van der Waals surface area contributed by atoms with Crippen LogP contribution in [0.25, 0.3) is 0 Å². The molecule has 1 aromatic rings. The molecular formula is C16H26N2. The fourth-order valence-electron chi connectivity index (χ4n) is 3.21. The van der Waals surface area contributed by atoms with Gasteiger partial charge in [0.1, 0.15) is 0 Å². The molecule has 0 aromatic heterocycles. The van der Waals surface area contributed by atoms with Crippen LogP contribution < -0.4 is 0 Å². The van der Waals surface area contributed by atoms with Crippen molar-refractivity contribution < 1.29 is 0 Å². The maximum Gasteiger partial charge on any atom is 0.0294 e. The van der Waals surface area contributed by atoms with Gasteiger partial charge in [-0.15, -0.1) is 0 Å². The standard InChI is InChI=1S/C16H26N2/c1-13(2)18-11-10-15(16(18)12-17(3)4)14-8-6-5-7-9-14/h5-9,13,15-16H,10-12H2,1-4H3/t15-,16-/m1/s1. The van der Waals surface area contributed by atoms with Crippen molar-refractivity contribution in [2.75, 3.05) is 27.2 Å². The molecule has 1 aliphatic heterocycles. The summed E-state index contributed by atoms with van der Waals surface area (Å²) in [5.41, 5.74) is 1.51. The molecule has 1 heterocycles. The van der Waals surface area contributed by atoms with Gasteiger partial charge in [-0.3, -0.25) is 4.90 Å². The molecule has 2 rings (SSSR count). The molecule has 1 aromatic carbocycles. The third kappa shape index (κ3) is 2.93. The monoisotopic (exact) mass is 246 g/mol. The number of nitrogens with zero attached hydrogens (tertiary/aromatic N) is 2. The lowest BCUT2D eigenvalue weighted by molar-refractivity contribution is 0.163. The summed E-state index contributed by atoms with van der Waals surface area (Å²) in [6.45, 7) is 7.01. The number of likely N-dealkylation sites (tertiary alicyclic amines) is 1. The van der Waals surface area contributed by atoms with Crippen molar-refractivity contribution in [3.8, 4) is 0 Å². The Morgan fingerprint density at radius 2 is 1.89 bits per heavy atom. The molecule has 1 aliphatic rings. The second-order valence-corrected chi connectivity index (χ2v) is 5.97. The van der Waals surface area contributed by atoms with Gasteiger partial charge in [-0.1, -0.05) is 30.3 Å². The van der Waals surface area contributed by atoms with Crippen LogP contribution in [0.3, 0.4) is 0 Å². The molecule has 2 nitrogen and oxygen atoms in total. The summed E-state index contributed by atoms with van der Waals surface area (Å²) in [5, 5.41) is 0. The summed E-state index contributed by atoms with van der Waals surface area (Å²) in [4.78, 5) is 4.99. The van der Waals surface area contributed by atoms with Gasteiger partial charge in [0.05, 0.1) is 0 Å². The van der Waals surface area contributed by atoms with E-state index in [2.05, 4.69) is 68.1 Å². The zero-order valence-electron chi connectivity index (χ0n) is 12.1. The molecule has 18 heavy (non-hydrogen) atoms. The van der Waals surface area contributed by atoms with Gasteiger partial charge in [0, 0.05) is 24.5 Å². The fraction of sp³-hybridized carbons (Fsp3) is 0.625. The second-order valence-electron chi connectivity index (χ2n) is 5.97. The molecule has 1 saturated heterocycles.